The molecule has 0 saturated heterocycles. The van der Waals surface area contributed by atoms with Crippen molar-refractivity contribution in [3.8, 4) is 0 Å². The van der Waals surface area contributed by atoms with Gasteiger partial charge < -0.3 is 54.5 Å². The van der Waals surface area contributed by atoms with Gasteiger partial charge in [0.2, 0.25) is 35.4 Å². The Bertz CT molecular complexity index is 2080. The largest absolute Gasteiger partial charge is 0.370 e. The van der Waals surface area contributed by atoms with Crippen LogP contribution in [0.2, 0.25) is 0 Å². The Balaban J connectivity index is 1.50. The van der Waals surface area contributed by atoms with Gasteiger partial charge in [-0.25, -0.2) is 0 Å². The summed E-state index contributed by atoms with van der Waals surface area (Å²) in [6.45, 7) is -0.278. The maximum atomic E-state index is 14.0. The number of thioether (sulfide) groups is 1. The molecule has 0 bridgehead atoms. The number of fused-ring (bicyclic) bond motifs is 1. The summed E-state index contributed by atoms with van der Waals surface area (Å²) in [6, 6.07) is 20.1. The van der Waals surface area contributed by atoms with Gasteiger partial charge in [0.1, 0.15) is 24.2 Å². The van der Waals surface area contributed by atoms with Crippen molar-refractivity contribution in [2.24, 2.45) is 27.9 Å². The van der Waals surface area contributed by atoms with Crippen LogP contribution < -0.4 is 49.5 Å². The highest BCUT2D eigenvalue weighted by Gasteiger charge is 2.30. The van der Waals surface area contributed by atoms with Crippen molar-refractivity contribution < 1.29 is 28.8 Å². The molecule has 6 amide bonds. The number of para-hydroxylation sites is 1. The second-order valence-corrected chi connectivity index (χ2v) is 15.2. The van der Waals surface area contributed by atoms with Crippen LogP contribution in [0.5, 0.6) is 0 Å². The Morgan fingerprint density at radius 2 is 1.22 bits per heavy atom. The number of carbonyl (C=O) groups is 6. The topological polar surface area (TPSA) is 295 Å². The van der Waals surface area contributed by atoms with E-state index < -0.39 is 72.2 Å². The minimum absolute atomic E-state index is 0.0481. The molecule has 5 atom stereocenters. The number of aliphatic imine (C=N–C) groups is 1. The third-order valence-electron chi connectivity index (χ3n) is 9.58. The van der Waals surface area contributed by atoms with E-state index in [4.69, 9.17) is 22.9 Å². The summed E-state index contributed by atoms with van der Waals surface area (Å²) in [5, 5.41) is 14.3. The number of nitrogens with one attached hydrogen (secondary N) is 6. The zero-order valence-electron chi connectivity index (χ0n) is 33.5. The molecule has 0 spiro atoms. The standard InChI is InChI=1S/C42H55N11O6S/c1-60-20-18-32(37(44)55)51-41(59)35(23-28-24-48-31-17-9-8-15-29(28)31)50-36(54)25-49-39(57)33(21-26-11-4-2-5-12-26)53-40(58)34(22-27-13-6-3-7-14-27)52-38(56)30(43)16-10-19-47-42(45)46/h2-9,11-15,17,24,30,32-35,48H,10,16,18-23,25,43H2,1H3,(H2,44,55)(H,49,57)(H,50,54)(H,51,59)(H,52,56)(H,53,58)(H4,45,46,47)/t30-,32-,33-,34-,35-/m0/s1. The number of aromatic amines is 1. The van der Waals surface area contributed by atoms with Crippen LogP contribution in [0.25, 0.3) is 10.9 Å². The fourth-order valence-electron chi connectivity index (χ4n) is 6.38. The molecule has 0 unspecified atom stereocenters. The number of hydrogen-bond acceptors (Lipinski definition) is 9. The summed E-state index contributed by atoms with van der Waals surface area (Å²) in [7, 11) is 0. The van der Waals surface area contributed by atoms with Crippen molar-refractivity contribution >= 4 is 64.1 Å². The summed E-state index contributed by atoms with van der Waals surface area (Å²) < 4.78 is 0. The molecule has 4 rings (SSSR count). The van der Waals surface area contributed by atoms with Gasteiger partial charge in [-0.1, -0.05) is 78.9 Å². The Morgan fingerprint density at radius 3 is 1.82 bits per heavy atom. The van der Waals surface area contributed by atoms with Gasteiger partial charge in [-0.05, 0) is 54.0 Å². The smallest absolute Gasteiger partial charge is 0.243 e. The monoisotopic (exact) mass is 841 g/mol. The van der Waals surface area contributed by atoms with E-state index in [0.29, 0.717) is 18.6 Å². The number of rotatable bonds is 24. The summed E-state index contributed by atoms with van der Waals surface area (Å²) >= 11 is 1.49. The lowest BCUT2D eigenvalue weighted by Crippen LogP contribution is -2.58. The van der Waals surface area contributed by atoms with Crippen LogP contribution in [0, 0.1) is 0 Å². The average molecular weight is 842 g/mol. The number of primary amides is 1. The second-order valence-electron chi connectivity index (χ2n) is 14.2. The average Bonchev–Trinajstić information content (AvgIpc) is 3.65. The third kappa shape index (κ3) is 15.1. The number of nitrogens with two attached hydrogens (primary N) is 4. The Hall–Kier alpha value is -6.40. The van der Waals surface area contributed by atoms with Crippen molar-refractivity contribution in [2.45, 2.75) is 68.7 Å². The first-order valence-corrected chi connectivity index (χ1v) is 20.9. The zero-order chi connectivity index (χ0) is 43.4. The molecule has 0 aliphatic heterocycles. The molecule has 18 heteroatoms. The summed E-state index contributed by atoms with van der Waals surface area (Å²) in [5.41, 5.74) is 25.6. The van der Waals surface area contributed by atoms with Crippen molar-refractivity contribution in [2.75, 3.05) is 25.1 Å². The normalized spacial score (nSPS) is 13.4. The first-order valence-electron chi connectivity index (χ1n) is 19.5. The van der Waals surface area contributed by atoms with Gasteiger partial charge >= 0.3 is 0 Å². The van der Waals surface area contributed by atoms with Crippen molar-refractivity contribution in [3.63, 3.8) is 0 Å². The van der Waals surface area contributed by atoms with Gasteiger partial charge in [0, 0.05) is 42.9 Å². The van der Waals surface area contributed by atoms with Crippen LogP contribution in [0.15, 0.2) is 96.1 Å². The van der Waals surface area contributed by atoms with Gasteiger partial charge in [0.05, 0.1) is 12.6 Å². The van der Waals surface area contributed by atoms with Crippen molar-refractivity contribution in [1.82, 2.24) is 31.6 Å². The van der Waals surface area contributed by atoms with Gasteiger partial charge in [-0.3, -0.25) is 33.8 Å². The molecular weight excluding hydrogens is 787 g/mol. The van der Waals surface area contributed by atoms with E-state index in [0.717, 1.165) is 27.6 Å². The number of amides is 6. The number of guanidine groups is 1. The molecule has 60 heavy (non-hydrogen) atoms. The molecule has 0 aliphatic carbocycles. The molecule has 0 fully saturated rings. The lowest BCUT2D eigenvalue weighted by atomic mass is 10.0. The predicted octanol–water partition coefficient (Wildman–Crippen LogP) is -0.129. The van der Waals surface area contributed by atoms with Crippen molar-refractivity contribution in [3.05, 3.63) is 108 Å². The van der Waals surface area contributed by atoms with Gasteiger partial charge in [-0.2, -0.15) is 11.8 Å². The number of carbonyl (C=O) groups excluding carboxylic acids is 6. The fourth-order valence-corrected chi connectivity index (χ4v) is 6.85. The first-order chi connectivity index (χ1) is 28.8. The molecule has 320 valence electrons. The molecule has 0 radical (unpaired) electrons. The summed E-state index contributed by atoms with van der Waals surface area (Å²) in [4.78, 5) is 87.5. The summed E-state index contributed by atoms with van der Waals surface area (Å²) in [6.07, 6.45) is 4.78. The molecule has 4 aromatic rings. The number of H-pyrrole nitrogens is 1. The van der Waals surface area contributed by atoms with Crippen LogP contribution >= 0.6 is 11.8 Å². The highest BCUT2D eigenvalue weighted by atomic mass is 32.2. The molecule has 0 saturated carbocycles. The van der Waals surface area contributed by atoms with Gasteiger partial charge in [0.25, 0.3) is 0 Å². The van der Waals surface area contributed by atoms with E-state index in [1.165, 1.54) is 11.8 Å². The lowest BCUT2D eigenvalue weighted by Gasteiger charge is -2.25. The molecule has 3 aromatic carbocycles. The summed E-state index contributed by atoms with van der Waals surface area (Å²) in [5.74, 6) is -3.46. The fraction of sp³-hybridized carbons (Fsp3) is 0.357. The van der Waals surface area contributed by atoms with Gasteiger partial charge in [-0.15, -0.1) is 0 Å². The number of nitrogens with zero attached hydrogens (tertiary/aromatic N) is 1. The van der Waals surface area contributed by atoms with Crippen LogP contribution in [0.4, 0.5) is 0 Å². The third-order valence-corrected chi connectivity index (χ3v) is 10.2. The predicted molar refractivity (Wildman–Crippen MR) is 233 cm³/mol. The second kappa shape index (κ2) is 23.9. The van der Waals surface area contributed by atoms with E-state index in [1.54, 1.807) is 54.7 Å². The Labute approximate surface area is 353 Å². The van der Waals surface area contributed by atoms with Gasteiger partial charge in [0.15, 0.2) is 5.96 Å². The number of aromatic nitrogens is 1. The quantitative estimate of drug-likeness (QED) is 0.0253. The molecule has 1 aromatic heterocycles. The van der Waals surface area contributed by atoms with Crippen molar-refractivity contribution in [1.29, 1.82) is 0 Å². The Morgan fingerprint density at radius 1 is 0.667 bits per heavy atom. The van der Waals surface area contributed by atoms with Crippen LogP contribution in [0.3, 0.4) is 0 Å². The lowest BCUT2D eigenvalue weighted by molar-refractivity contribution is -0.133. The first kappa shape index (κ1) is 46.3. The highest BCUT2D eigenvalue weighted by Crippen LogP contribution is 2.19. The van der Waals surface area contributed by atoms with E-state index >= 15 is 0 Å². The molecular formula is C42H55N11O6S. The van der Waals surface area contributed by atoms with Crippen LogP contribution in [0.1, 0.15) is 36.0 Å². The maximum absolute atomic E-state index is 14.0. The molecule has 0 aliphatic rings. The highest BCUT2D eigenvalue weighted by molar-refractivity contribution is 7.98. The molecule has 17 nitrogen and oxygen atoms in total. The van der Waals surface area contributed by atoms with Crippen LogP contribution in [-0.4, -0.2) is 102 Å². The van der Waals surface area contributed by atoms with E-state index in [-0.39, 0.29) is 38.2 Å². The molecule has 14 N–H and O–H groups in total. The number of benzene rings is 3. The number of hydrogen-bond donors (Lipinski definition) is 10. The molecule has 1 heterocycles. The van der Waals surface area contributed by atoms with E-state index in [9.17, 15) is 28.8 Å². The minimum Gasteiger partial charge on any atom is -0.370 e. The van der Waals surface area contributed by atoms with E-state index in [1.807, 2.05) is 42.7 Å². The van der Waals surface area contributed by atoms with E-state index in [2.05, 4.69) is 36.6 Å². The zero-order valence-corrected chi connectivity index (χ0v) is 34.3. The maximum Gasteiger partial charge on any atom is 0.243 e. The SMILES string of the molecule is CSCC[C@H](NC(=O)[C@H](Cc1c[nH]c2ccccc12)NC(=O)CNC(=O)[C@H](Cc1ccccc1)NC(=O)[C@H](Cc1ccccc1)NC(=O)[C@@H](N)CCCN=C(N)N)C(N)=O. The minimum atomic E-state index is -1.19. The Kier molecular flexibility index (Phi) is 18.4. The van der Waals surface area contributed by atoms with Crippen LogP contribution in [-0.2, 0) is 48.0 Å².